The molecule has 0 fully saturated rings. The van der Waals surface area contributed by atoms with Crippen LogP contribution >= 0.6 is 11.8 Å². The number of rotatable bonds is 4. The number of nitrogens with one attached hydrogen (secondary N) is 1. The van der Waals surface area contributed by atoms with Crippen LogP contribution in [0.25, 0.3) is 0 Å². The molecule has 0 saturated heterocycles. The highest BCUT2D eigenvalue weighted by Gasteiger charge is 1.93. The molecule has 0 aliphatic rings. The minimum absolute atomic E-state index is 0.983. The van der Waals surface area contributed by atoms with Crippen LogP contribution in [0.2, 0.25) is 0 Å². The van der Waals surface area contributed by atoms with E-state index in [9.17, 15) is 0 Å². The molecule has 60 valence electrons. The minimum atomic E-state index is 0.983. The van der Waals surface area contributed by atoms with Gasteiger partial charge in [-0.15, -0.1) is 11.8 Å². The van der Waals surface area contributed by atoms with Gasteiger partial charge >= 0.3 is 0 Å². The van der Waals surface area contributed by atoms with Gasteiger partial charge < -0.3 is 10.2 Å². The first-order valence-corrected chi connectivity index (χ1v) is 4.53. The fourth-order valence-electron chi connectivity index (χ4n) is 0.658. The van der Waals surface area contributed by atoms with Crippen molar-refractivity contribution in [3.63, 3.8) is 0 Å². The van der Waals surface area contributed by atoms with E-state index in [1.165, 1.54) is 5.70 Å². The van der Waals surface area contributed by atoms with Crippen LogP contribution in [-0.2, 0) is 0 Å². The van der Waals surface area contributed by atoms with E-state index < -0.39 is 0 Å². The molecule has 0 atom stereocenters. The molecule has 10 heavy (non-hydrogen) atoms. The summed E-state index contributed by atoms with van der Waals surface area (Å²) in [6.45, 7) is 0.983. The number of likely N-dealkylation sites (N-methyl/N-ethyl adjacent to an activating group) is 2. The Morgan fingerprint density at radius 2 is 2.20 bits per heavy atom. The van der Waals surface area contributed by atoms with E-state index in [1.807, 2.05) is 7.05 Å². The van der Waals surface area contributed by atoms with Gasteiger partial charge in [-0.2, -0.15) is 0 Å². The van der Waals surface area contributed by atoms with Crippen LogP contribution in [0.5, 0.6) is 0 Å². The molecule has 0 aliphatic heterocycles. The van der Waals surface area contributed by atoms with Gasteiger partial charge in [0.2, 0.25) is 0 Å². The molecule has 0 aromatic heterocycles. The lowest BCUT2D eigenvalue weighted by Gasteiger charge is -2.12. The molecule has 0 aliphatic carbocycles. The van der Waals surface area contributed by atoms with Crippen molar-refractivity contribution < 1.29 is 0 Å². The summed E-state index contributed by atoms with van der Waals surface area (Å²) in [6.07, 6.45) is 2.06. The maximum absolute atomic E-state index is 3.13. The fraction of sp³-hybridized carbons (Fsp3) is 0.714. The third-order valence-electron chi connectivity index (χ3n) is 1.07. The smallest absolute Gasteiger partial charge is 0.0380 e. The van der Waals surface area contributed by atoms with Crippen LogP contribution in [-0.4, -0.2) is 38.8 Å². The Morgan fingerprint density at radius 1 is 1.60 bits per heavy atom. The lowest BCUT2D eigenvalue weighted by Crippen LogP contribution is -2.21. The quantitative estimate of drug-likeness (QED) is 0.660. The van der Waals surface area contributed by atoms with E-state index in [-0.39, 0.29) is 0 Å². The van der Waals surface area contributed by atoms with Crippen molar-refractivity contribution in [1.29, 1.82) is 0 Å². The van der Waals surface area contributed by atoms with Crippen molar-refractivity contribution >= 4 is 11.8 Å². The summed E-state index contributed by atoms with van der Waals surface area (Å²) < 4.78 is 0. The number of nitrogens with zero attached hydrogens (tertiary/aromatic N) is 1. The Morgan fingerprint density at radius 3 is 2.50 bits per heavy atom. The van der Waals surface area contributed by atoms with E-state index in [2.05, 4.69) is 36.0 Å². The molecule has 0 heterocycles. The van der Waals surface area contributed by atoms with Gasteiger partial charge in [-0.1, -0.05) is 0 Å². The first-order chi connectivity index (χ1) is 4.70. The lowest BCUT2D eigenvalue weighted by molar-refractivity contribution is 0.436. The largest absolute Gasteiger partial charge is 0.390 e. The monoisotopic (exact) mass is 160 g/mol. The fourth-order valence-corrected chi connectivity index (χ4v) is 1.14. The number of hydrogen-bond donors (Lipinski definition) is 1. The van der Waals surface area contributed by atoms with Crippen molar-refractivity contribution in [3.8, 4) is 0 Å². The Balaban J connectivity index is 3.71. The number of hydrogen-bond acceptors (Lipinski definition) is 3. The molecule has 0 rings (SSSR count). The summed E-state index contributed by atoms with van der Waals surface area (Å²) in [7, 11) is 6.07. The third kappa shape index (κ3) is 4.70. The summed E-state index contributed by atoms with van der Waals surface area (Å²) in [5, 5.41) is 5.26. The van der Waals surface area contributed by atoms with Crippen LogP contribution in [0, 0.1) is 0 Å². The Kier molecular flexibility index (Phi) is 5.54. The second-order valence-electron chi connectivity index (χ2n) is 2.37. The van der Waals surface area contributed by atoms with Crippen LogP contribution in [0.1, 0.15) is 0 Å². The molecule has 0 unspecified atom stereocenters. The summed E-state index contributed by atoms with van der Waals surface area (Å²) in [5.41, 5.74) is 1.26. The van der Waals surface area contributed by atoms with Crippen molar-refractivity contribution in [2.45, 2.75) is 0 Å². The van der Waals surface area contributed by atoms with E-state index in [4.69, 9.17) is 0 Å². The topological polar surface area (TPSA) is 15.3 Å². The average Bonchev–Trinajstić information content (AvgIpc) is 1.86. The lowest BCUT2D eigenvalue weighted by atomic mass is 10.4. The van der Waals surface area contributed by atoms with Gasteiger partial charge in [-0.05, 0) is 25.8 Å². The van der Waals surface area contributed by atoms with E-state index >= 15 is 0 Å². The maximum Gasteiger partial charge on any atom is 0.0380 e. The number of thioether (sulfide) groups is 1. The van der Waals surface area contributed by atoms with Crippen molar-refractivity contribution in [1.82, 2.24) is 10.2 Å². The SMILES string of the molecule is CN/C(=C\SC)CN(C)C. The van der Waals surface area contributed by atoms with Gasteiger partial charge in [0.05, 0.1) is 0 Å². The Hall–Kier alpha value is -0.150. The molecule has 0 spiro atoms. The highest BCUT2D eigenvalue weighted by molar-refractivity contribution is 8.01. The Bertz CT molecular complexity index is 110. The van der Waals surface area contributed by atoms with Gasteiger partial charge in [0.25, 0.3) is 0 Å². The molecule has 0 saturated carbocycles. The van der Waals surface area contributed by atoms with E-state index in [0.29, 0.717) is 0 Å². The molecule has 0 aromatic carbocycles. The summed E-state index contributed by atoms with van der Waals surface area (Å²) in [6, 6.07) is 0. The van der Waals surface area contributed by atoms with Crippen molar-refractivity contribution in [2.24, 2.45) is 0 Å². The van der Waals surface area contributed by atoms with Crippen LogP contribution in [0.15, 0.2) is 11.1 Å². The molecule has 2 nitrogen and oxygen atoms in total. The van der Waals surface area contributed by atoms with Gasteiger partial charge in [-0.3, -0.25) is 0 Å². The van der Waals surface area contributed by atoms with Gasteiger partial charge in [0, 0.05) is 19.3 Å². The second-order valence-corrected chi connectivity index (χ2v) is 3.07. The summed E-state index contributed by atoms with van der Waals surface area (Å²) >= 11 is 1.73. The highest BCUT2D eigenvalue weighted by Crippen LogP contribution is 1.99. The van der Waals surface area contributed by atoms with Crippen LogP contribution in [0.4, 0.5) is 0 Å². The molecule has 0 radical (unpaired) electrons. The minimum Gasteiger partial charge on any atom is -0.390 e. The third-order valence-corrected chi connectivity index (χ3v) is 1.59. The normalized spacial score (nSPS) is 12.3. The first kappa shape index (κ1) is 9.85. The predicted molar refractivity (Wildman–Crippen MR) is 49.2 cm³/mol. The zero-order valence-corrected chi connectivity index (χ0v) is 7.96. The molecular formula is C7H16N2S. The van der Waals surface area contributed by atoms with Gasteiger partial charge in [-0.25, -0.2) is 0 Å². The van der Waals surface area contributed by atoms with E-state index in [0.717, 1.165) is 6.54 Å². The highest BCUT2D eigenvalue weighted by atomic mass is 32.2. The van der Waals surface area contributed by atoms with Crippen LogP contribution < -0.4 is 5.32 Å². The van der Waals surface area contributed by atoms with Gasteiger partial charge in [0.15, 0.2) is 0 Å². The molecule has 0 amide bonds. The maximum atomic E-state index is 3.13. The summed E-state index contributed by atoms with van der Waals surface area (Å²) in [4.78, 5) is 2.14. The van der Waals surface area contributed by atoms with Crippen LogP contribution in [0.3, 0.4) is 0 Å². The van der Waals surface area contributed by atoms with Crippen molar-refractivity contribution in [3.05, 3.63) is 11.1 Å². The zero-order valence-electron chi connectivity index (χ0n) is 7.14. The van der Waals surface area contributed by atoms with Gasteiger partial charge in [0.1, 0.15) is 0 Å². The zero-order chi connectivity index (χ0) is 7.98. The molecule has 3 heteroatoms. The van der Waals surface area contributed by atoms with E-state index in [1.54, 1.807) is 11.8 Å². The first-order valence-electron chi connectivity index (χ1n) is 3.25. The predicted octanol–water partition coefficient (Wildman–Crippen LogP) is 0.972. The molecule has 0 bridgehead atoms. The molecular weight excluding hydrogens is 144 g/mol. The standard InChI is InChI=1S/C7H16N2S/c1-8-7(6-10-4)5-9(2)3/h6,8H,5H2,1-4H3/b7-6-. The summed E-state index contributed by atoms with van der Waals surface area (Å²) in [5.74, 6) is 0. The van der Waals surface area contributed by atoms with Crippen molar-refractivity contribution in [2.75, 3.05) is 33.9 Å². The molecule has 1 N–H and O–H groups in total. The second kappa shape index (κ2) is 5.62. The average molecular weight is 160 g/mol. The molecule has 0 aromatic rings. The Labute approximate surface area is 67.7 Å².